The van der Waals surface area contributed by atoms with E-state index < -0.39 is 0 Å². The Morgan fingerprint density at radius 3 is 2.80 bits per heavy atom. The molecule has 0 aromatic carbocycles. The van der Waals surface area contributed by atoms with Crippen molar-refractivity contribution < 1.29 is 0 Å². The van der Waals surface area contributed by atoms with Crippen LogP contribution in [0.5, 0.6) is 0 Å². The minimum absolute atomic E-state index is 0.571. The number of rotatable bonds is 2. The van der Waals surface area contributed by atoms with E-state index in [2.05, 4.69) is 19.1 Å². The molecule has 0 spiro atoms. The Hall–Kier alpha value is -0.410. The van der Waals surface area contributed by atoms with Gasteiger partial charge in [0.05, 0.1) is 4.99 Å². The molecule has 0 saturated carbocycles. The SMILES string of the molecule is Cc1ccc(CC(N)=S)s1. The predicted octanol–water partition coefficient (Wildman–Crippen LogP) is 1.89. The Morgan fingerprint density at radius 2 is 2.40 bits per heavy atom. The first-order valence-electron chi connectivity index (χ1n) is 3.02. The third kappa shape index (κ3) is 2.08. The summed E-state index contributed by atoms with van der Waals surface area (Å²) in [6.07, 6.45) is 0.744. The van der Waals surface area contributed by atoms with Crippen molar-refractivity contribution in [1.82, 2.24) is 0 Å². The first kappa shape index (κ1) is 7.69. The summed E-state index contributed by atoms with van der Waals surface area (Å²) in [6, 6.07) is 4.15. The average molecular weight is 171 g/mol. The van der Waals surface area contributed by atoms with Crippen LogP contribution in [0.15, 0.2) is 12.1 Å². The van der Waals surface area contributed by atoms with Gasteiger partial charge in [-0.15, -0.1) is 11.3 Å². The molecule has 0 unspecified atom stereocenters. The highest BCUT2D eigenvalue weighted by atomic mass is 32.1. The molecule has 1 aromatic rings. The molecular formula is C7H9NS2. The van der Waals surface area contributed by atoms with E-state index in [0.717, 1.165) is 6.42 Å². The molecule has 54 valence electrons. The van der Waals surface area contributed by atoms with Crippen LogP contribution in [0.3, 0.4) is 0 Å². The molecule has 0 aliphatic carbocycles. The van der Waals surface area contributed by atoms with Gasteiger partial charge in [0.2, 0.25) is 0 Å². The van der Waals surface area contributed by atoms with Crippen molar-refractivity contribution in [1.29, 1.82) is 0 Å². The first-order chi connectivity index (χ1) is 4.68. The van der Waals surface area contributed by atoms with Crippen molar-refractivity contribution >= 4 is 28.5 Å². The smallest absolute Gasteiger partial charge is 0.0780 e. The number of hydrogen-bond donors (Lipinski definition) is 1. The zero-order valence-electron chi connectivity index (χ0n) is 5.76. The third-order valence-corrected chi connectivity index (χ3v) is 2.29. The molecule has 0 radical (unpaired) electrons. The Kier molecular flexibility index (Phi) is 2.40. The fraction of sp³-hybridized carbons (Fsp3) is 0.286. The fourth-order valence-electron chi connectivity index (χ4n) is 0.752. The maximum atomic E-state index is 5.37. The van der Waals surface area contributed by atoms with Gasteiger partial charge in [-0.2, -0.15) is 0 Å². The monoisotopic (exact) mass is 171 g/mol. The lowest BCUT2D eigenvalue weighted by Crippen LogP contribution is -2.09. The number of nitrogens with two attached hydrogens (primary N) is 1. The van der Waals surface area contributed by atoms with Crippen LogP contribution in [0, 0.1) is 6.92 Å². The molecule has 1 aromatic heterocycles. The van der Waals surface area contributed by atoms with Crippen molar-refractivity contribution in [3.8, 4) is 0 Å². The summed E-state index contributed by atoms with van der Waals surface area (Å²) in [7, 11) is 0. The highest BCUT2D eigenvalue weighted by molar-refractivity contribution is 7.80. The highest BCUT2D eigenvalue weighted by Crippen LogP contribution is 2.15. The van der Waals surface area contributed by atoms with E-state index >= 15 is 0 Å². The number of thiocarbonyl (C=S) groups is 1. The van der Waals surface area contributed by atoms with E-state index in [1.807, 2.05) is 0 Å². The Labute approximate surface area is 69.9 Å². The molecule has 0 amide bonds. The van der Waals surface area contributed by atoms with Crippen LogP contribution in [-0.2, 0) is 6.42 Å². The van der Waals surface area contributed by atoms with Gasteiger partial charge in [0, 0.05) is 16.2 Å². The Morgan fingerprint density at radius 1 is 1.70 bits per heavy atom. The molecule has 2 N–H and O–H groups in total. The topological polar surface area (TPSA) is 26.0 Å². The van der Waals surface area contributed by atoms with Gasteiger partial charge in [-0.05, 0) is 19.1 Å². The van der Waals surface area contributed by atoms with Crippen LogP contribution in [-0.4, -0.2) is 4.99 Å². The van der Waals surface area contributed by atoms with E-state index in [1.54, 1.807) is 11.3 Å². The molecule has 1 nitrogen and oxygen atoms in total. The maximum Gasteiger partial charge on any atom is 0.0780 e. The Bertz CT molecular complexity index is 240. The van der Waals surface area contributed by atoms with Gasteiger partial charge < -0.3 is 5.73 Å². The average Bonchev–Trinajstić information content (AvgIpc) is 2.13. The standard InChI is InChI=1S/C7H9NS2/c1-5-2-3-6(10-5)4-7(8)9/h2-3H,4H2,1H3,(H2,8,9). The molecule has 1 heterocycles. The summed E-state index contributed by atoms with van der Waals surface area (Å²) < 4.78 is 0. The van der Waals surface area contributed by atoms with E-state index in [-0.39, 0.29) is 0 Å². The van der Waals surface area contributed by atoms with E-state index in [0.29, 0.717) is 4.99 Å². The zero-order chi connectivity index (χ0) is 7.56. The summed E-state index contributed by atoms with van der Waals surface area (Å²) in [5, 5.41) is 0. The van der Waals surface area contributed by atoms with Crippen molar-refractivity contribution in [3.63, 3.8) is 0 Å². The summed E-state index contributed by atoms with van der Waals surface area (Å²) >= 11 is 6.52. The van der Waals surface area contributed by atoms with Crippen LogP contribution >= 0.6 is 23.6 Å². The van der Waals surface area contributed by atoms with Gasteiger partial charge in [0.25, 0.3) is 0 Å². The number of hydrogen-bond acceptors (Lipinski definition) is 2. The third-order valence-electron chi connectivity index (χ3n) is 1.14. The molecule has 3 heteroatoms. The van der Waals surface area contributed by atoms with Crippen molar-refractivity contribution in [2.24, 2.45) is 5.73 Å². The minimum Gasteiger partial charge on any atom is -0.393 e. The van der Waals surface area contributed by atoms with Crippen LogP contribution in [0.25, 0.3) is 0 Å². The molecule has 0 saturated heterocycles. The summed E-state index contributed by atoms with van der Waals surface area (Å²) in [5.74, 6) is 0. The molecule has 1 rings (SSSR count). The van der Waals surface area contributed by atoms with Crippen LogP contribution < -0.4 is 5.73 Å². The van der Waals surface area contributed by atoms with Gasteiger partial charge in [-0.1, -0.05) is 12.2 Å². The largest absolute Gasteiger partial charge is 0.393 e. The lowest BCUT2D eigenvalue weighted by molar-refractivity contribution is 1.41. The summed E-state index contributed by atoms with van der Waals surface area (Å²) in [5.41, 5.74) is 5.37. The van der Waals surface area contributed by atoms with Crippen molar-refractivity contribution in [2.45, 2.75) is 13.3 Å². The molecule has 0 atom stereocenters. The van der Waals surface area contributed by atoms with Crippen molar-refractivity contribution in [2.75, 3.05) is 0 Å². The maximum absolute atomic E-state index is 5.37. The molecule has 0 aliphatic heterocycles. The lowest BCUT2D eigenvalue weighted by atomic mass is 10.3. The lowest BCUT2D eigenvalue weighted by Gasteiger charge is -1.90. The second-order valence-electron chi connectivity index (χ2n) is 2.16. The quantitative estimate of drug-likeness (QED) is 0.688. The van der Waals surface area contributed by atoms with E-state index in [9.17, 15) is 0 Å². The Balaban J connectivity index is 2.67. The predicted molar refractivity (Wildman–Crippen MR) is 49.5 cm³/mol. The van der Waals surface area contributed by atoms with Crippen LogP contribution in [0.1, 0.15) is 9.75 Å². The highest BCUT2D eigenvalue weighted by Gasteiger charge is 1.96. The first-order valence-corrected chi connectivity index (χ1v) is 4.24. The second-order valence-corrected chi connectivity index (χ2v) is 4.05. The van der Waals surface area contributed by atoms with Gasteiger partial charge >= 0.3 is 0 Å². The van der Waals surface area contributed by atoms with Gasteiger partial charge in [0.1, 0.15) is 0 Å². The molecule has 0 bridgehead atoms. The molecule has 0 aliphatic rings. The number of aryl methyl sites for hydroxylation is 1. The number of thiophene rings is 1. The van der Waals surface area contributed by atoms with Crippen LogP contribution in [0.4, 0.5) is 0 Å². The van der Waals surface area contributed by atoms with Gasteiger partial charge in [-0.3, -0.25) is 0 Å². The summed E-state index contributed by atoms with van der Waals surface area (Å²) in [6.45, 7) is 2.08. The minimum atomic E-state index is 0.571. The molecule has 10 heavy (non-hydrogen) atoms. The second kappa shape index (κ2) is 3.12. The normalized spacial score (nSPS) is 9.70. The summed E-state index contributed by atoms with van der Waals surface area (Å²) in [4.78, 5) is 3.14. The van der Waals surface area contributed by atoms with E-state index in [1.165, 1.54) is 9.75 Å². The van der Waals surface area contributed by atoms with Crippen molar-refractivity contribution in [3.05, 3.63) is 21.9 Å². The fourth-order valence-corrected chi connectivity index (χ4v) is 1.91. The molecule has 0 fully saturated rings. The van der Waals surface area contributed by atoms with E-state index in [4.69, 9.17) is 18.0 Å². The molecular weight excluding hydrogens is 162 g/mol. The van der Waals surface area contributed by atoms with Crippen LogP contribution in [0.2, 0.25) is 0 Å². The zero-order valence-corrected chi connectivity index (χ0v) is 7.39. The van der Waals surface area contributed by atoms with Gasteiger partial charge in [0.15, 0.2) is 0 Å². The van der Waals surface area contributed by atoms with Gasteiger partial charge in [-0.25, -0.2) is 0 Å².